The van der Waals surface area contributed by atoms with Gasteiger partial charge in [-0.3, -0.25) is 4.79 Å². The molecule has 2 heterocycles. The quantitative estimate of drug-likeness (QED) is 0.825. The van der Waals surface area contributed by atoms with Gasteiger partial charge >= 0.3 is 0 Å². The largest absolute Gasteiger partial charge is 0.341 e. The lowest BCUT2D eigenvalue weighted by Crippen LogP contribution is -2.43. The summed E-state index contributed by atoms with van der Waals surface area (Å²) in [6.07, 6.45) is 10.4. The Labute approximate surface area is 122 Å². The van der Waals surface area contributed by atoms with Crippen molar-refractivity contribution in [3.05, 3.63) is 0 Å². The number of carbonyl (C=O) groups is 1. The van der Waals surface area contributed by atoms with Gasteiger partial charge in [-0.25, -0.2) is 0 Å². The molecule has 1 saturated carbocycles. The molecule has 2 unspecified atom stereocenters. The Balaban J connectivity index is 1.60. The predicted molar refractivity (Wildman–Crippen MR) is 80.3 cm³/mol. The summed E-state index contributed by atoms with van der Waals surface area (Å²) in [5.41, 5.74) is 6.13. The van der Waals surface area contributed by atoms with E-state index >= 15 is 0 Å². The maximum absolute atomic E-state index is 12.7. The summed E-state index contributed by atoms with van der Waals surface area (Å²) in [7, 11) is 0. The van der Waals surface area contributed by atoms with Gasteiger partial charge in [0.2, 0.25) is 5.91 Å². The molecule has 3 N–H and O–H groups in total. The Hall–Kier alpha value is -0.610. The van der Waals surface area contributed by atoms with Gasteiger partial charge in [-0.1, -0.05) is 19.3 Å². The zero-order valence-electron chi connectivity index (χ0n) is 12.6. The fourth-order valence-corrected chi connectivity index (χ4v) is 4.36. The smallest absolute Gasteiger partial charge is 0.223 e. The third-order valence-electron chi connectivity index (χ3n) is 5.75. The summed E-state index contributed by atoms with van der Waals surface area (Å²) in [5, 5.41) is 3.65. The highest BCUT2D eigenvalue weighted by Crippen LogP contribution is 2.39. The monoisotopic (exact) mass is 279 g/mol. The van der Waals surface area contributed by atoms with Gasteiger partial charge in [-0.05, 0) is 44.1 Å². The molecular formula is C16H29N3O. The molecule has 0 aromatic carbocycles. The minimum Gasteiger partial charge on any atom is -0.341 e. The van der Waals surface area contributed by atoms with Crippen molar-refractivity contribution in [1.82, 2.24) is 10.2 Å². The lowest BCUT2D eigenvalue weighted by atomic mass is 9.71. The fraction of sp³-hybridized carbons (Fsp3) is 0.938. The highest BCUT2D eigenvalue weighted by atomic mass is 16.2. The fourth-order valence-electron chi connectivity index (χ4n) is 4.36. The summed E-state index contributed by atoms with van der Waals surface area (Å²) in [4.78, 5) is 14.8. The van der Waals surface area contributed by atoms with Crippen LogP contribution in [0.2, 0.25) is 0 Å². The molecule has 2 atom stereocenters. The lowest BCUT2D eigenvalue weighted by molar-refractivity contribution is -0.134. The normalized spacial score (nSPS) is 33.0. The van der Waals surface area contributed by atoms with Crippen molar-refractivity contribution in [2.24, 2.45) is 11.1 Å². The van der Waals surface area contributed by atoms with Gasteiger partial charge in [-0.2, -0.15) is 0 Å². The third kappa shape index (κ3) is 3.01. The third-order valence-corrected chi connectivity index (χ3v) is 5.75. The van der Waals surface area contributed by atoms with Gasteiger partial charge in [0.05, 0.1) is 0 Å². The molecular weight excluding hydrogens is 250 g/mol. The standard InChI is InChI=1S/C16H29N3O/c17-12-16(7-2-1-3-8-16)10-15(20)19-9-6-13-4-5-14(11-19)18-13/h13-14,18H,1-12,17H2. The van der Waals surface area contributed by atoms with Crippen LogP contribution in [0, 0.1) is 5.41 Å². The van der Waals surface area contributed by atoms with E-state index in [9.17, 15) is 4.79 Å². The van der Waals surface area contributed by atoms with Crippen molar-refractivity contribution >= 4 is 5.91 Å². The molecule has 3 rings (SSSR count). The van der Waals surface area contributed by atoms with Crippen LogP contribution >= 0.6 is 0 Å². The second-order valence-corrected chi connectivity index (χ2v) is 7.21. The Bertz CT molecular complexity index is 352. The van der Waals surface area contributed by atoms with Gasteiger partial charge in [0.1, 0.15) is 0 Å². The molecule has 0 radical (unpaired) electrons. The molecule has 0 aromatic heterocycles. The van der Waals surface area contributed by atoms with Crippen molar-refractivity contribution < 1.29 is 4.79 Å². The molecule has 4 heteroatoms. The number of rotatable bonds is 3. The van der Waals surface area contributed by atoms with E-state index < -0.39 is 0 Å². The van der Waals surface area contributed by atoms with E-state index in [1.54, 1.807) is 0 Å². The number of hydrogen-bond donors (Lipinski definition) is 2. The second kappa shape index (κ2) is 6.02. The molecule has 1 amide bonds. The van der Waals surface area contributed by atoms with Gasteiger partial charge in [-0.15, -0.1) is 0 Å². The summed E-state index contributed by atoms with van der Waals surface area (Å²) < 4.78 is 0. The second-order valence-electron chi connectivity index (χ2n) is 7.21. The van der Waals surface area contributed by atoms with Gasteiger partial charge in [0, 0.05) is 31.6 Å². The summed E-state index contributed by atoms with van der Waals surface area (Å²) in [6.45, 7) is 2.53. The molecule has 4 nitrogen and oxygen atoms in total. The van der Waals surface area contributed by atoms with Crippen molar-refractivity contribution in [1.29, 1.82) is 0 Å². The minimum absolute atomic E-state index is 0.105. The van der Waals surface area contributed by atoms with E-state index in [1.807, 2.05) is 0 Å². The molecule has 20 heavy (non-hydrogen) atoms. The van der Waals surface area contributed by atoms with Crippen LogP contribution in [-0.4, -0.2) is 42.5 Å². The predicted octanol–water partition coefficient (Wildman–Crippen LogP) is 1.64. The number of carbonyl (C=O) groups excluding carboxylic acids is 1. The lowest BCUT2D eigenvalue weighted by Gasteiger charge is -2.37. The van der Waals surface area contributed by atoms with Crippen molar-refractivity contribution in [2.45, 2.75) is 69.9 Å². The summed E-state index contributed by atoms with van der Waals surface area (Å²) in [5.74, 6) is 0.353. The van der Waals surface area contributed by atoms with Crippen molar-refractivity contribution in [2.75, 3.05) is 19.6 Å². The van der Waals surface area contributed by atoms with E-state index in [-0.39, 0.29) is 5.41 Å². The van der Waals surface area contributed by atoms with Crippen molar-refractivity contribution in [3.63, 3.8) is 0 Å². The SMILES string of the molecule is NCC1(CC(=O)N2CCC3CCC(C2)N3)CCCCC1. The van der Waals surface area contributed by atoms with Gasteiger partial charge < -0.3 is 16.0 Å². The average molecular weight is 279 g/mol. The number of hydrogen-bond acceptors (Lipinski definition) is 3. The Morgan fingerprint density at radius 3 is 2.65 bits per heavy atom. The highest BCUT2D eigenvalue weighted by molar-refractivity contribution is 5.77. The number of nitrogens with one attached hydrogen (secondary N) is 1. The minimum atomic E-state index is 0.105. The van der Waals surface area contributed by atoms with Crippen molar-refractivity contribution in [3.8, 4) is 0 Å². The van der Waals surface area contributed by atoms with Crippen LogP contribution in [0.15, 0.2) is 0 Å². The first kappa shape index (κ1) is 14.3. The van der Waals surface area contributed by atoms with Crippen LogP contribution in [0.25, 0.3) is 0 Å². The van der Waals surface area contributed by atoms with E-state index in [2.05, 4.69) is 10.2 Å². The molecule has 2 aliphatic heterocycles. The van der Waals surface area contributed by atoms with Gasteiger partial charge in [0.15, 0.2) is 0 Å². The number of fused-ring (bicyclic) bond motifs is 2. The first-order valence-electron chi connectivity index (χ1n) is 8.45. The Morgan fingerprint density at radius 2 is 1.90 bits per heavy atom. The van der Waals surface area contributed by atoms with Crippen LogP contribution in [0.4, 0.5) is 0 Å². The van der Waals surface area contributed by atoms with E-state index in [0.29, 0.717) is 31.0 Å². The first-order valence-corrected chi connectivity index (χ1v) is 8.45. The van der Waals surface area contributed by atoms with Crippen LogP contribution in [0.5, 0.6) is 0 Å². The summed E-state index contributed by atoms with van der Waals surface area (Å²) >= 11 is 0. The van der Waals surface area contributed by atoms with Crippen LogP contribution < -0.4 is 11.1 Å². The molecule has 0 aromatic rings. The van der Waals surface area contributed by atoms with Crippen LogP contribution in [0.3, 0.4) is 0 Å². The maximum Gasteiger partial charge on any atom is 0.223 e. The number of nitrogens with zero attached hydrogens (tertiary/aromatic N) is 1. The Kier molecular flexibility index (Phi) is 4.32. The molecule has 1 aliphatic carbocycles. The molecule has 3 aliphatic rings. The highest BCUT2D eigenvalue weighted by Gasteiger charge is 2.36. The van der Waals surface area contributed by atoms with Crippen LogP contribution in [0.1, 0.15) is 57.8 Å². The zero-order valence-corrected chi connectivity index (χ0v) is 12.6. The average Bonchev–Trinajstić information content (AvgIpc) is 2.79. The molecule has 3 fully saturated rings. The molecule has 114 valence electrons. The Morgan fingerprint density at radius 1 is 1.15 bits per heavy atom. The molecule has 0 spiro atoms. The van der Waals surface area contributed by atoms with E-state index in [4.69, 9.17) is 5.73 Å². The number of nitrogens with two attached hydrogens (primary N) is 1. The molecule has 2 bridgehead atoms. The topological polar surface area (TPSA) is 58.4 Å². The number of amides is 1. The zero-order chi connectivity index (χ0) is 14.0. The number of likely N-dealkylation sites (tertiary alicyclic amines) is 1. The maximum atomic E-state index is 12.7. The van der Waals surface area contributed by atoms with E-state index in [0.717, 1.165) is 32.4 Å². The molecule has 2 saturated heterocycles. The van der Waals surface area contributed by atoms with Gasteiger partial charge in [0.25, 0.3) is 0 Å². The first-order chi connectivity index (χ1) is 9.71. The van der Waals surface area contributed by atoms with E-state index in [1.165, 1.54) is 32.1 Å². The summed E-state index contributed by atoms with van der Waals surface area (Å²) in [6, 6.07) is 1.18. The van der Waals surface area contributed by atoms with Crippen LogP contribution in [-0.2, 0) is 4.79 Å².